The van der Waals surface area contributed by atoms with Crippen molar-refractivity contribution in [2.24, 2.45) is 0 Å². The van der Waals surface area contributed by atoms with Crippen molar-refractivity contribution < 1.29 is 9.21 Å². The predicted octanol–water partition coefficient (Wildman–Crippen LogP) is 5.69. The number of oxazole rings is 1. The van der Waals surface area contributed by atoms with Gasteiger partial charge in [0.1, 0.15) is 0 Å². The zero-order valence-corrected chi connectivity index (χ0v) is 16.4. The van der Waals surface area contributed by atoms with Crippen LogP contribution in [0.3, 0.4) is 0 Å². The van der Waals surface area contributed by atoms with Crippen LogP contribution in [0, 0.1) is 0 Å². The molecular formula is C21H21BrN2O2. The van der Waals surface area contributed by atoms with Crippen molar-refractivity contribution in [2.45, 2.75) is 32.7 Å². The first-order valence-electron chi connectivity index (χ1n) is 8.70. The third-order valence-corrected chi connectivity index (χ3v) is 4.66. The number of amides is 1. The molecule has 3 rings (SSSR count). The molecular weight excluding hydrogens is 392 g/mol. The van der Waals surface area contributed by atoms with Gasteiger partial charge in [-0.05, 0) is 37.6 Å². The molecule has 1 amide bonds. The Hall–Kier alpha value is -2.40. The first-order valence-corrected chi connectivity index (χ1v) is 9.49. The number of nitrogens with one attached hydrogen (secondary N) is 1. The Labute approximate surface area is 161 Å². The molecule has 0 radical (unpaired) electrons. The van der Waals surface area contributed by atoms with Gasteiger partial charge in [-0.15, -0.1) is 0 Å². The average Bonchev–Trinajstić information content (AvgIpc) is 3.12. The van der Waals surface area contributed by atoms with E-state index in [1.54, 1.807) is 12.3 Å². The van der Waals surface area contributed by atoms with Gasteiger partial charge in [0.15, 0.2) is 5.76 Å². The SMILES string of the molecule is CCC[C@@H](C)NC(=O)c1ccccc1-c1ncc(-c2ccc(Br)cc2)o1. The molecule has 0 aliphatic carbocycles. The van der Waals surface area contributed by atoms with Crippen LogP contribution in [-0.2, 0) is 0 Å². The Morgan fingerprint density at radius 1 is 1.19 bits per heavy atom. The molecule has 5 heteroatoms. The molecule has 4 nitrogen and oxygen atoms in total. The van der Waals surface area contributed by atoms with Crippen molar-refractivity contribution in [3.8, 4) is 22.8 Å². The maximum absolute atomic E-state index is 12.7. The molecule has 0 spiro atoms. The number of nitrogens with zero attached hydrogens (tertiary/aromatic N) is 1. The molecule has 0 aliphatic rings. The minimum atomic E-state index is -0.107. The Kier molecular flexibility index (Phi) is 5.89. The zero-order valence-electron chi connectivity index (χ0n) is 14.8. The van der Waals surface area contributed by atoms with Crippen molar-refractivity contribution in [3.63, 3.8) is 0 Å². The lowest BCUT2D eigenvalue weighted by molar-refractivity contribution is 0.0938. The van der Waals surface area contributed by atoms with Crippen molar-refractivity contribution in [2.75, 3.05) is 0 Å². The highest BCUT2D eigenvalue weighted by molar-refractivity contribution is 9.10. The normalized spacial score (nSPS) is 12.0. The molecule has 0 bridgehead atoms. The standard InChI is InChI=1S/C21H21BrN2O2/c1-3-6-14(2)24-20(25)17-7-4-5-8-18(17)21-23-13-19(26-21)15-9-11-16(22)12-10-15/h4-5,7-14H,3,6H2,1-2H3,(H,24,25)/t14-/m1/s1. The molecule has 1 atom stereocenters. The van der Waals surface area contributed by atoms with E-state index in [0.717, 1.165) is 22.9 Å². The van der Waals surface area contributed by atoms with Gasteiger partial charge in [-0.2, -0.15) is 0 Å². The van der Waals surface area contributed by atoms with Gasteiger partial charge in [-0.1, -0.05) is 53.5 Å². The number of hydrogen-bond acceptors (Lipinski definition) is 3. The number of halogens is 1. The predicted molar refractivity (Wildman–Crippen MR) is 107 cm³/mol. The highest BCUT2D eigenvalue weighted by Gasteiger charge is 2.18. The molecule has 0 fully saturated rings. The van der Waals surface area contributed by atoms with Gasteiger partial charge in [-0.25, -0.2) is 4.98 Å². The fourth-order valence-electron chi connectivity index (χ4n) is 2.82. The quantitative estimate of drug-likeness (QED) is 0.565. The topological polar surface area (TPSA) is 55.1 Å². The van der Waals surface area contributed by atoms with Crippen LogP contribution in [0.2, 0.25) is 0 Å². The maximum atomic E-state index is 12.7. The van der Waals surface area contributed by atoms with Gasteiger partial charge in [0.25, 0.3) is 5.91 Å². The molecule has 0 saturated heterocycles. The summed E-state index contributed by atoms with van der Waals surface area (Å²) in [6, 6.07) is 15.3. The van der Waals surface area contributed by atoms with Crippen molar-refractivity contribution in [1.29, 1.82) is 0 Å². The summed E-state index contributed by atoms with van der Waals surface area (Å²) in [5, 5.41) is 3.04. The van der Waals surface area contributed by atoms with Crippen molar-refractivity contribution in [3.05, 3.63) is 64.8 Å². The maximum Gasteiger partial charge on any atom is 0.252 e. The fourth-order valence-corrected chi connectivity index (χ4v) is 3.08. The lowest BCUT2D eigenvalue weighted by atomic mass is 10.1. The number of carbonyl (C=O) groups excluding carboxylic acids is 1. The zero-order chi connectivity index (χ0) is 18.5. The molecule has 1 aromatic heterocycles. The van der Waals surface area contributed by atoms with Crippen LogP contribution in [0.25, 0.3) is 22.8 Å². The van der Waals surface area contributed by atoms with Gasteiger partial charge in [0, 0.05) is 21.6 Å². The molecule has 1 heterocycles. The van der Waals surface area contributed by atoms with Crippen LogP contribution in [-0.4, -0.2) is 16.9 Å². The molecule has 0 saturated carbocycles. The molecule has 1 N–H and O–H groups in total. The minimum Gasteiger partial charge on any atom is -0.436 e. The molecule has 2 aromatic carbocycles. The summed E-state index contributed by atoms with van der Waals surface area (Å²) in [6.45, 7) is 4.12. The summed E-state index contributed by atoms with van der Waals surface area (Å²) in [7, 11) is 0. The molecule has 134 valence electrons. The Bertz CT molecular complexity index is 887. The third-order valence-electron chi connectivity index (χ3n) is 4.14. The second-order valence-electron chi connectivity index (χ2n) is 6.25. The Morgan fingerprint density at radius 3 is 2.65 bits per heavy atom. The van der Waals surface area contributed by atoms with Gasteiger partial charge in [-0.3, -0.25) is 4.79 Å². The van der Waals surface area contributed by atoms with Gasteiger partial charge in [0.05, 0.1) is 11.8 Å². The fraction of sp³-hybridized carbons (Fsp3) is 0.238. The van der Waals surface area contributed by atoms with E-state index in [1.807, 2.05) is 49.4 Å². The number of hydrogen-bond donors (Lipinski definition) is 1. The number of rotatable bonds is 6. The van der Waals surface area contributed by atoms with Crippen LogP contribution in [0.5, 0.6) is 0 Å². The smallest absolute Gasteiger partial charge is 0.252 e. The molecule has 0 aliphatic heterocycles. The first-order chi connectivity index (χ1) is 12.6. The van der Waals surface area contributed by atoms with E-state index in [4.69, 9.17) is 4.42 Å². The minimum absolute atomic E-state index is 0.107. The van der Waals surface area contributed by atoms with Crippen LogP contribution < -0.4 is 5.32 Å². The number of carbonyl (C=O) groups is 1. The number of benzene rings is 2. The summed E-state index contributed by atoms with van der Waals surface area (Å²) < 4.78 is 6.94. The Balaban J connectivity index is 1.88. The van der Waals surface area contributed by atoms with E-state index in [9.17, 15) is 4.79 Å². The summed E-state index contributed by atoms with van der Waals surface area (Å²) in [5.41, 5.74) is 2.20. The van der Waals surface area contributed by atoms with Crippen LogP contribution >= 0.6 is 15.9 Å². The highest BCUT2D eigenvalue weighted by Crippen LogP contribution is 2.29. The molecule has 0 unspecified atom stereocenters. The largest absolute Gasteiger partial charge is 0.436 e. The van der Waals surface area contributed by atoms with Gasteiger partial charge in [0.2, 0.25) is 5.89 Å². The van der Waals surface area contributed by atoms with E-state index in [1.165, 1.54) is 0 Å². The summed E-state index contributed by atoms with van der Waals surface area (Å²) in [6.07, 6.45) is 3.66. The van der Waals surface area contributed by atoms with E-state index in [0.29, 0.717) is 22.8 Å². The van der Waals surface area contributed by atoms with Crippen LogP contribution in [0.1, 0.15) is 37.0 Å². The lowest BCUT2D eigenvalue weighted by Crippen LogP contribution is -2.32. The summed E-state index contributed by atoms with van der Waals surface area (Å²) in [5.74, 6) is 1.00. The summed E-state index contributed by atoms with van der Waals surface area (Å²) in [4.78, 5) is 17.0. The average molecular weight is 413 g/mol. The van der Waals surface area contributed by atoms with Gasteiger partial charge >= 0.3 is 0 Å². The second-order valence-corrected chi connectivity index (χ2v) is 7.16. The molecule has 26 heavy (non-hydrogen) atoms. The van der Waals surface area contributed by atoms with Crippen molar-refractivity contribution >= 4 is 21.8 Å². The first kappa shape index (κ1) is 18.4. The molecule has 3 aromatic rings. The summed E-state index contributed by atoms with van der Waals surface area (Å²) >= 11 is 3.43. The Morgan fingerprint density at radius 2 is 1.92 bits per heavy atom. The van der Waals surface area contributed by atoms with E-state index in [2.05, 4.69) is 33.2 Å². The number of aromatic nitrogens is 1. The monoisotopic (exact) mass is 412 g/mol. The van der Waals surface area contributed by atoms with E-state index >= 15 is 0 Å². The van der Waals surface area contributed by atoms with Crippen LogP contribution in [0.15, 0.2) is 63.6 Å². The second kappa shape index (κ2) is 8.32. The van der Waals surface area contributed by atoms with Gasteiger partial charge < -0.3 is 9.73 Å². The third kappa shape index (κ3) is 4.22. The van der Waals surface area contributed by atoms with E-state index < -0.39 is 0 Å². The van der Waals surface area contributed by atoms with E-state index in [-0.39, 0.29) is 11.9 Å². The highest BCUT2D eigenvalue weighted by atomic mass is 79.9. The lowest BCUT2D eigenvalue weighted by Gasteiger charge is -2.14. The van der Waals surface area contributed by atoms with Crippen LogP contribution in [0.4, 0.5) is 0 Å². The van der Waals surface area contributed by atoms with Crippen molar-refractivity contribution in [1.82, 2.24) is 10.3 Å².